The first-order chi connectivity index (χ1) is 6.79. The van der Waals surface area contributed by atoms with Crippen LogP contribution in [0, 0.1) is 17.2 Å². The van der Waals surface area contributed by atoms with E-state index in [1.54, 1.807) is 0 Å². The minimum absolute atomic E-state index is 0.108. The summed E-state index contributed by atoms with van der Waals surface area (Å²) in [6.45, 7) is 2.14. The van der Waals surface area contributed by atoms with Crippen LogP contribution in [-0.2, 0) is 0 Å². The van der Waals surface area contributed by atoms with Gasteiger partial charge in [0.1, 0.15) is 0 Å². The van der Waals surface area contributed by atoms with Crippen molar-refractivity contribution in [3.8, 4) is 6.07 Å². The van der Waals surface area contributed by atoms with Gasteiger partial charge in [0.15, 0.2) is 0 Å². The van der Waals surface area contributed by atoms with E-state index in [9.17, 15) is 0 Å². The Hall–Kier alpha value is -1.33. The highest BCUT2D eigenvalue weighted by atomic mass is 16.3. The summed E-state index contributed by atoms with van der Waals surface area (Å²) in [6.07, 6.45) is 0.674. The van der Waals surface area contributed by atoms with Crippen molar-refractivity contribution in [1.82, 2.24) is 0 Å². The first-order valence-corrected chi connectivity index (χ1v) is 4.85. The van der Waals surface area contributed by atoms with Gasteiger partial charge in [-0.05, 0) is 17.9 Å². The van der Waals surface area contributed by atoms with Gasteiger partial charge < -0.3 is 5.11 Å². The molecule has 2 nitrogen and oxygen atoms in total. The minimum atomic E-state index is -0.108. The highest BCUT2D eigenvalue weighted by Gasteiger charge is 2.17. The molecule has 0 aliphatic rings. The number of hydrogen-bond acceptors (Lipinski definition) is 2. The van der Waals surface area contributed by atoms with Crippen LogP contribution in [0.3, 0.4) is 0 Å². The van der Waals surface area contributed by atoms with Crippen molar-refractivity contribution in [3.05, 3.63) is 35.9 Å². The predicted octanol–water partition coefficient (Wildman–Crippen LogP) is 2.31. The third-order valence-corrected chi connectivity index (χ3v) is 2.45. The zero-order chi connectivity index (χ0) is 10.4. The van der Waals surface area contributed by atoms with Gasteiger partial charge in [-0.3, -0.25) is 0 Å². The van der Waals surface area contributed by atoms with Crippen LogP contribution >= 0.6 is 0 Å². The molecule has 0 aromatic heterocycles. The fraction of sp³-hybridized carbons (Fsp3) is 0.417. The van der Waals surface area contributed by atoms with Crippen LogP contribution in [-0.4, -0.2) is 11.7 Å². The molecular formula is C12H15NO. The number of aliphatic hydroxyl groups is 1. The summed E-state index contributed by atoms with van der Waals surface area (Å²) in [5.41, 5.74) is 1.04. The van der Waals surface area contributed by atoms with Crippen molar-refractivity contribution in [2.75, 3.05) is 6.61 Å². The van der Waals surface area contributed by atoms with Crippen molar-refractivity contribution < 1.29 is 5.11 Å². The number of rotatable bonds is 4. The average Bonchev–Trinajstić information content (AvgIpc) is 2.21. The Morgan fingerprint density at radius 2 is 2.00 bits per heavy atom. The Labute approximate surface area is 84.8 Å². The lowest BCUT2D eigenvalue weighted by Gasteiger charge is -2.16. The summed E-state index contributed by atoms with van der Waals surface area (Å²) < 4.78 is 0. The third-order valence-electron chi connectivity index (χ3n) is 2.45. The van der Waals surface area contributed by atoms with E-state index in [1.165, 1.54) is 0 Å². The second-order valence-electron chi connectivity index (χ2n) is 3.51. The van der Waals surface area contributed by atoms with Crippen LogP contribution in [0.15, 0.2) is 30.3 Å². The average molecular weight is 189 g/mol. The van der Waals surface area contributed by atoms with Crippen molar-refractivity contribution >= 4 is 0 Å². The normalized spacial score (nSPS) is 14.4. The summed E-state index contributed by atoms with van der Waals surface area (Å²) in [6, 6.07) is 12.0. The number of nitrogens with zero attached hydrogens (tertiary/aromatic N) is 1. The van der Waals surface area contributed by atoms with Crippen LogP contribution < -0.4 is 0 Å². The predicted molar refractivity (Wildman–Crippen MR) is 55.7 cm³/mol. The molecule has 14 heavy (non-hydrogen) atoms. The molecular weight excluding hydrogens is 174 g/mol. The van der Waals surface area contributed by atoms with Gasteiger partial charge in [0.05, 0.1) is 12.0 Å². The van der Waals surface area contributed by atoms with Crippen LogP contribution in [0.4, 0.5) is 0 Å². The molecule has 0 saturated carbocycles. The summed E-state index contributed by atoms with van der Waals surface area (Å²) in [5, 5.41) is 17.9. The maximum absolute atomic E-state index is 9.04. The van der Waals surface area contributed by atoms with Crippen molar-refractivity contribution in [2.45, 2.75) is 19.3 Å². The molecule has 0 spiro atoms. The Balaban J connectivity index is 2.78. The number of nitriles is 1. The molecule has 1 N–H and O–H groups in total. The number of hydrogen-bond donors (Lipinski definition) is 1. The zero-order valence-corrected chi connectivity index (χ0v) is 8.35. The lowest BCUT2D eigenvalue weighted by atomic mass is 9.87. The van der Waals surface area contributed by atoms with Gasteiger partial charge in [0.25, 0.3) is 0 Å². The summed E-state index contributed by atoms with van der Waals surface area (Å²) in [4.78, 5) is 0. The molecule has 0 fully saturated rings. The van der Waals surface area contributed by atoms with E-state index in [-0.39, 0.29) is 18.4 Å². The maximum Gasteiger partial charge on any atom is 0.0739 e. The molecule has 2 heteroatoms. The summed E-state index contributed by atoms with van der Waals surface area (Å²) >= 11 is 0. The van der Waals surface area contributed by atoms with Crippen LogP contribution in [0.25, 0.3) is 0 Å². The monoisotopic (exact) mass is 189 g/mol. The van der Waals surface area contributed by atoms with Gasteiger partial charge in [-0.25, -0.2) is 0 Å². The minimum Gasteiger partial charge on any atom is -0.396 e. The van der Waals surface area contributed by atoms with Gasteiger partial charge in [0, 0.05) is 6.61 Å². The van der Waals surface area contributed by atoms with E-state index < -0.39 is 0 Å². The lowest BCUT2D eigenvalue weighted by molar-refractivity contribution is 0.257. The maximum atomic E-state index is 9.04. The molecule has 0 heterocycles. The Morgan fingerprint density at radius 3 is 2.50 bits per heavy atom. The molecule has 0 bridgehead atoms. The molecule has 1 rings (SSSR count). The fourth-order valence-corrected chi connectivity index (χ4v) is 1.56. The van der Waals surface area contributed by atoms with E-state index >= 15 is 0 Å². The molecule has 74 valence electrons. The largest absolute Gasteiger partial charge is 0.396 e. The highest BCUT2D eigenvalue weighted by Crippen LogP contribution is 2.25. The Kier molecular flexibility index (Phi) is 4.15. The second-order valence-corrected chi connectivity index (χ2v) is 3.51. The van der Waals surface area contributed by atoms with E-state index in [2.05, 4.69) is 6.07 Å². The van der Waals surface area contributed by atoms with Crippen molar-refractivity contribution in [1.29, 1.82) is 5.26 Å². The smallest absolute Gasteiger partial charge is 0.0739 e. The van der Waals surface area contributed by atoms with E-state index in [1.807, 2.05) is 37.3 Å². The highest BCUT2D eigenvalue weighted by molar-refractivity contribution is 5.25. The topological polar surface area (TPSA) is 44.0 Å². The van der Waals surface area contributed by atoms with Gasteiger partial charge in [-0.1, -0.05) is 37.3 Å². The molecule has 1 aromatic rings. The fourth-order valence-electron chi connectivity index (χ4n) is 1.56. The van der Waals surface area contributed by atoms with Gasteiger partial charge in [0.2, 0.25) is 0 Å². The first-order valence-electron chi connectivity index (χ1n) is 4.85. The third kappa shape index (κ3) is 2.58. The Bertz CT molecular complexity index is 302. The van der Waals surface area contributed by atoms with E-state index in [4.69, 9.17) is 10.4 Å². The van der Waals surface area contributed by atoms with E-state index in [0.29, 0.717) is 6.42 Å². The van der Waals surface area contributed by atoms with Crippen LogP contribution in [0.2, 0.25) is 0 Å². The quantitative estimate of drug-likeness (QED) is 0.789. The van der Waals surface area contributed by atoms with Crippen LogP contribution in [0.5, 0.6) is 0 Å². The number of aliphatic hydroxyl groups excluding tert-OH is 1. The molecule has 2 unspecified atom stereocenters. The van der Waals surface area contributed by atoms with Crippen molar-refractivity contribution in [2.24, 2.45) is 5.92 Å². The van der Waals surface area contributed by atoms with E-state index in [0.717, 1.165) is 5.56 Å². The zero-order valence-electron chi connectivity index (χ0n) is 8.35. The van der Waals surface area contributed by atoms with Gasteiger partial charge in [-0.2, -0.15) is 5.26 Å². The molecule has 0 saturated heterocycles. The molecule has 2 atom stereocenters. The molecule has 0 amide bonds. The molecule has 1 aromatic carbocycles. The second kappa shape index (κ2) is 5.41. The van der Waals surface area contributed by atoms with Gasteiger partial charge >= 0.3 is 0 Å². The summed E-state index contributed by atoms with van der Waals surface area (Å²) in [7, 11) is 0. The van der Waals surface area contributed by atoms with Crippen LogP contribution in [0.1, 0.15) is 24.8 Å². The standard InChI is InChI=1S/C12H15NO/c1-10(7-8-14)12(9-13)11-5-3-2-4-6-11/h2-6,10,12,14H,7-8H2,1H3. The van der Waals surface area contributed by atoms with Crippen molar-refractivity contribution in [3.63, 3.8) is 0 Å². The lowest BCUT2D eigenvalue weighted by Crippen LogP contribution is -2.09. The van der Waals surface area contributed by atoms with Gasteiger partial charge in [-0.15, -0.1) is 0 Å². The molecule has 0 aliphatic heterocycles. The first kappa shape index (κ1) is 10.7. The Morgan fingerprint density at radius 1 is 1.36 bits per heavy atom. The molecule has 0 radical (unpaired) electrons. The summed E-state index contributed by atoms with van der Waals surface area (Å²) in [5.74, 6) is 0.0933. The molecule has 0 aliphatic carbocycles. The number of benzene rings is 1. The SMILES string of the molecule is CC(CCO)C(C#N)c1ccccc1.